The van der Waals surface area contributed by atoms with E-state index in [1.54, 1.807) is 11.0 Å². The van der Waals surface area contributed by atoms with Crippen molar-refractivity contribution in [2.24, 2.45) is 0 Å². The first-order valence-electron chi connectivity index (χ1n) is 8.67. The Balaban J connectivity index is 0.00000225. The number of likely N-dealkylation sites (tertiary alicyclic amines) is 1. The van der Waals surface area contributed by atoms with E-state index in [9.17, 15) is 18.0 Å². The predicted octanol–water partition coefficient (Wildman–Crippen LogP) is 4.22. The number of piperidine rings is 2. The summed E-state index contributed by atoms with van der Waals surface area (Å²) in [5.41, 5.74) is 0.117. The highest BCUT2D eigenvalue weighted by atomic mass is 35.5. The third-order valence-corrected chi connectivity index (χ3v) is 4.98. The van der Waals surface area contributed by atoms with Crippen molar-refractivity contribution in [3.8, 4) is 0 Å². The van der Waals surface area contributed by atoms with E-state index in [0.29, 0.717) is 18.7 Å². The Morgan fingerprint density at radius 3 is 2.28 bits per heavy atom. The number of carbonyl (C=O) groups is 1. The molecule has 0 spiro atoms. The molecular formula is C18H24ClF3N2O. The van der Waals surface area contributed by atoms with E-state index in [1.807, 2.05) is 0 Å². The second kappa shape index (κ2) is 8.41. The molecule has 0 aromatic heterocycles. The van der Waals surface area contributed by atoms with Crippen LogP contribution in [-0.2, 0) is 6.18 Å². The second-order valence-corrected chi connectivity index (χ2v) is 6.72. The van der Waals surface area contributed by atoms with Crippen molar-refractivity contribution in [3.05, 3.63) is 34.9 Å². The van der Waals surface area contributed by atoms with Crippen molar-refractivity contribution < 1.29 is 18.0 Å². The lowest BCUT2D eigenvalue weighted by atomic mass is 9.88. The first kappa shape index (κ1) is 20.0. The molecule has 0 radical (unpaired) electrons. The van der Waals surface area contributed by atoms with E-state index >= 15 is 0 Å². The monoisotopic (exact) mass is 376 g/mol. The summed E-state index contributed by atoms with van der Waals surface area (Å²) in [5.74, 6) is -0.183. The van der Waals surface area contributed by atoms with Gasteiger partial charge in [-0.15, -0.1) is 12.4 Å². The minimum Gasteiger partial charge on any atom is -0.339 e. The highest BCUT2D eigenvalue weighted by Gasteiger charge is 2.33. The Labute approximate surface area is 152 Å². The quantitative estimate of drug-likeness (QED) is 0.838. The van der Waals surface area contributed by atoms with Gasteiger partial charge in [0.05, 0.1) is 5.56 Å². The van der Waals surface area contributed by atoms with Crippen LogP contribution in [0.4, 0.5) is 13.2 Å². The zero-order valence-electron chi connectivity index (χ0n) is 14.1. The molecule has 3 nitrogen and oxygen atoms in total. The van der Waals surface area contributed by atoms with Crippen molar-refractivity contribution in [3.63, 3.8) is 0 Å². The van der Waals surface area contributed by atoms with Gasteiger partial charge in [-0.05, 0) is 74.9 Å². The summed E-state index contributed by atoms with van der Waals surface area (Å²) in [5, 5.41) is 3.22. The van der Waals surface area contributed by atoms with Crippen LogP contribution in [0, 0.1) is 0 Å². The fourth-order valence-electron chi connectivity index (χ4n) is 3.61. The van der Waals surface area contributed by atoms with Gasteiger partial charge in [-0.2, -0.15) is 13.2 Å². The molecule has 2 heterocycles. The van der Waals surface area contributed by atoms with Gasteiger partial charge in [0, 0.05) is 18.7 Å². The van der Waals surface area contributed by atoms with E-state index < -0.39 is 11.7 Å². The maximum atomic E-state index is 13.3. The maximum Gasteiger partial charge on any atom is 0.416 e. The molecule has 140 valence electrons. The zero-order valence-corrected chi connectivity index (χ0v) is 14.9. The molecule has 1 N–H and O–H groups in total. The average molecular weight is 377 g/mol. The predicted molar refractivity (Wildman–Crippen MR) is 93.3 cm³/mol. The number of amides is 1. The molecule has 1 amide bonds. The summed E-state index contributed by atoms with van der Waals surface area (Å²) < 4.78 is 39.9. The van der Waals surface area contributed by atoms with Gasteiger partial charge in [-0.25, -0.2) is 0 Å². The maximum absolute atomic E-state index is 13.3. The molecule has 0 aliphatic carbocycles. The number of carbonyl (C=O) groups excluding carboxylic acids is 1. The Morgan fingerprint density at radius 2 is 1.68 bits per heavy atom. The van der Waals surface area contributed by atoms with Gasteiger partial charge < -0.3 is 10.2 Å². The lowest BCUT2D eigenvalue weighted by Gasteiger charge is -2.28. The molecule has 2 saturated heterocycles. The van der Waals surface area contributed by atoms with E-state index in [1.165, 1.54) is 6.07 Å². The van der Waals surface area contributed by atoms with Crippen LogP contribution in [0.25, 0.3) is 0 Å². The minimum atomic E-state index is -4.43. The Bertz CT molecular complexity index is 594. The zero-order chi connectivity index (χ0) is 17.2. The number of alkyl halides is 3. The molecular weight excluding hydrogens is 353 g/mol. The van der Waals surface area contributed by atoms with Crippen LogP contribution >= 0.6 is 12.4 Å². The molecule has 1 aromatic rings. The van der Waals surface area contributed by atoms with Crippen LogP contribution in [-0.4, -0.2) is 37.0 Å². The SMILES string of the molecule is Cl.O=C(c1cc(C2CCNCC2)cc(C(F)(F)F)c1)N1CCCCC1. The molecule has 0 saturated carbocycles. The summed E-state index contributed by atoms with van der Waals surface area (Å²) in [4.78, 5) is 14.3. The molecule has 0 atom stereocenters. The lowest BCUT2D eigenvalue weighted by molar-refractivity contribution is -0.137. The molecule has 7 heteroatoms. The molecule has 1 aromatic carbocycles. The van der Waals surface area contributed by atoms with E-state index in [-0.39, 0.29) is 29.8 Å². The van der Waals surface area contributed by atoms with Crippen LogP contribution in [0.2, 0.25) is 0 Å². The number of rotatable bonds is 2. The van der Waals surface area contributed by atoms with Crippen LogP contribution < -0.4 is 5.32 Å². The molecule has 2 aliphatic rings. The van der Waals surface area contributed by atoms with Crippen molar-refractivity contribution >= 4 is 18.3 Å². The summed E-state index contributed by atoms with van der Waals surface area (Å²) in [6.07, 6.45) is 0.0988. The molecule has 0 unspecified atom stereocenters. The van der Waals surface area contributed by atoms with Gasteiger partial charge in [-0.3, -0.25) is 4.79 Å². The standard InChI is InChI=1S/C18H23F3N2O.ClH/c19-18(20,21)16-11-14(13-4-6-22-7-5-13)10-15(12-16)17(24)23-8-2-1-3-9-23;/h10-13,22H,1-9H2;1H. The van der Waals surface area contributed by atoms with E-state index in [0.717, 1.165) is 51.3 Å². The lowest BCUT2D eigenvalue weighted by Crippen LogP contribution is -2.36. The van der Waals surface area contributed by atoms with Gasteiger partial charge in [0.1, 0.15) is 0 Å². The Morgan fingerprint density at radius 1 is 1.04 bits per heavy atom. The van der Waals surface area contributed by atoms with Crippen LogP contribution in [0.3, 0.4) is 0 Å². The normalized spacial score (nSPS) is 19.4. The summed E-state index contributed by atoms with van der Waals surface area (Å²) >= 11 is 0. The fourth-order valence-corrected chi connectivity index (χ4v) is 3.61. The Hall–Kier alpha value is -1.27. The van der Waals surface area contributed by atoms with E-state index in [4.69, 9.17) is 0 Å². The van der Waals surface area contributed by atoms with Gasteiger partial charge >= 0.3 is 6.18 Å². The van der Waals surface area contributed by atoms with Gasteiger partial charge in [0.25, 0.3) is 5.91 Å². The van der Waals surface area contributed by atoms with Gasteiger partial charge in [0.15, 0.2) is 0 Å². The number of halogens is 4. The van der Waals surface area contributed by atoms with Crippen LogP contribution in [0.5, 0.6) is 0 Å². The fraction of sp³-hybridized carbons (Fsp3) is 0.611. The van der Waals surface area contributed by atoms with Crippen molar-refractivity contribution in [1.82, 2.24) is 10.2 Å². The third kappa shape index (κ3) is 4.88. The van der Waals surface area contributed by atoms with E-state index in [2.05, 4.69) is 5.32 Å². The molecule has 2 fully saturated rings. The van der Waals surface area contributed by atoms with Crippen molar-refractivity contribution in [2.75, 3.05) is 26.2 Å². The first-order valence-corrected chi connectivity index (χ1v) is 8.67. The highest BCUT2D eigenvalue weighted by Crippen LogP contribution is 2.35. The largest absolute Gasteiger partial charge is 0.416 e. The van der Waals surface area contributed by atoms with Crippen molar-refractivity contribution in [2.45, 2.75) is 44.2 Å². The van der Waals surface area contributed by atoms with Gasteiger partial charge in [-0.1, -0.05) is 0 Å². The molecule has 0 bridgehead atoms. The third-order valence-electron chi connectivity index (χ3n) is 4.98. The van der Waals surface area contributed by atoms with Gasteiger partial charge in [0.2, 0.25) is 0 Å². The number of hydrogen-bond donors (Lipinski definition) is 1. The Kier molecular flexibility index (Phi) is 6.74. The topological polar surface area (TPSA) is 32.3 Å². The van der Waals surface area contributed by atoms with Crippen LogP contribution in [0.15, 0.2) is 18.2 Å². The number of nitrogens with zero attached hydrogens (tertiary/aromatic N) is 1. The molecule has 25 heavy (non-hydrogen) atoms. The molecule has 3 rings (SSSR count). The number of benzene rings is 1. The smallest absolute Gasteiger partial charge is 0.339 e. The number of nitrogens with one attached hydrogen (secondary N) is 1. The second-order valence-electron chi connectivity index (χ2n) is 6.72. The summed E-state index contributed by atoms with van der Waals surface area (Å²) in [7, 11) is 0. The molecule has 2 aliphatic heterocycles. The summed E-state index contributed by atoms with van der Waals surface area (Å²) in [6, 6.07) is 3.92. The minimum absolute atomic E-state index is 0. The first-order chi connectivity index (χ1) is 11.4. The summed E-state index contributed by atoms with van der Waals surface area (Å²) in [6.45, 7) is 2.88. The highest BCUT2D eigenvalue weighted by molar-refractivity contribution is 5.94. The van der Waals surface area contributed by atoms with Crippen molar-refractivity contribution in [1.29, 1.82) is 0 Å². The number of hydrogen-bond acceptors (Lipinski definition) is 2. The average Bonchev–Trinajstić information content (AvgIpc) is 2.61. The van der Waals surface area contributed by atoms with Crippen LogP contribution in [0.1, 0.15) is 59.5 Å².